The second-order valence-corrected chi connectivity index (χ2v) is 4.35. The second-order valence-electron chi connectivity index (χ2n) is 4.35. The van der Waals surface area contributed by atoms with E-state index in [0.717, 1.165) is 18.1 Å². The molecule has 0 atom stereocenters. The highest BCUT2D eigenvalue weighted by molar-refractivity contribution is 5.85. The lowest BCUT2D eigenvalue weighted by atomic mass is 10.0. The zero-order valence-electron chi connectivity index (χ0n) is 10.4. The maximum absolute atomic E-state index is 11.8. The van der Waals surface area contributed by atoms with Crippen LogP contribution in [0.3, 0.4) is 0 Å². The second kappa shape index (κ2) is 5.16. The molecule has 1 aromatic heterocycles. The number of furan rings is 1. The number of hydrogen-bond donors (Lipinski definition) is 2. The predicted molar refractivity (Wildman–Crippen MR) is 63.0 cm³/mol. The van der Waals surface area contributed by atoms with Crippen LogP contribution in [0.2, 0.25) is 0 Å². The van der Waals surface area contributed by atoms with Crippen molar-refractivity contribution in [3.8, 4) is 0 Å². The Morgan fingerprint density at radius 1 is 1.44 bits per heavy atom. The van der Waals surface area contributed by atoms with Gasteiger partial charge in [0, 0.05) is 0 Å². The summed E-state index contributed by atoms with van der Waals surface area (Å²) in [5, 5.41) is 5.96. The summed E-state index contributed by atoms with van der Waals surface area (Å²) >= 11 is 0. The standard InChI is InChI=1S/C12H20N2O2/c1-5-14-12(3,4)11(15)13-8-10-7-6-9(2)16-10/h6-7,14H,5,8H2,1-4H3,(H,13,15). The van der Waals surface area contributed by atoms with Crippen LogP contribution in [-0.2, 0) is 11.3 Å². The third kappa shape index (κ3) is 3.38. The number of amides is 1. The van der Waals surface area contributed by atoms with E-state index in [-0.39, 0.29) is 5.91 Å². The van der Waals surface area contributed by atoms with Crippen LogP contribution >= 0.6 is 0 Å². The van der Waals surface area contributed by atoms with E-state index in [2.05, 4.69) is 10.6 Å². The van der Waals surface area contributed by atoms with Crippen molar-refractivity contribution < 1.29 is 9.21 Å². The van der Waals surface area contributed by atoms with Crippen molar-refractivity contribution in [2.45, 2.75) is 39.8 Å². The number of hydrogen-bond acceptors (Lipinski definition) is 3. The quantitative estimate of drug-likeness (QED) is 0.798. The first kappa shape index (κ1) is 12.8. The first-order chi connectivity index (χ1) is 7.45. The molecule has 4 nitrogen and oxygen atoms in total. The van der Waals surface area contributed by atoms with Gasteiger partial charge >= 0.3 is 0 Å². The molecule has 0 aliphatic carbocycles. The van der Waals surface area contributed by atoms with Gasteiger partial charge in [-0.1, -0.05) is 6.92 Å². The van der Waals surface area contributed by atoms with Crippen LogP contribution in [0, 0.1) is 6.92 Å². The highest BCUT2D eigenvalue weighted by atomic mass is 16.3. The van der Waals surface area contributed by atoms with Crippen molar-refractivity contribution in [2.24, 2.45) is 0 Å². The van der Waals surface area contributed by atoms with Crippen LogP contribution in [0.1, 0.15) is 32.3 Å². The molecule has 1 heterocycles. The van der Waals surface area contributed by atoms with Crippen molar-refractivity contribution in [1.29, 1.82) is 0 Å². The minimum Gasteiger partial charge on any atom is -0.465 e. The zero-order valence-corrected chi connectivity index (χ0v) is 10.4. The van der Waals surface area contributed by atoms with Crippen LogP contribution in [0.25, 0.3) is 0 Å². The average molecular weight is 224 g/mol. The number of rotatable bonds is 5. The molecule has 0 bridgehead atoms. The largest absolute Gasteiger partial charge is 0.465 e. The van der Waals surface area contributed by atoms with Gasteiger partial charge in [0.1, 0.15) is 11.5 Å². The van der Waals surface area contributed by atoms with Gasteiger partial charge in [0.15, 0.2) is 0 Å². The summed E-state index contributed by atoms with van der Waals surface area (Å²) in [5.41, 5.74) is -0.545. The molecule has 0 radical (unpaired) electrons. The van der Waals surface area contributed by atoms with Gasteiger partial charge in [0.05, 0.1) is 12.1 Å². The van der Waals surface area contributed by atoms with E-state index in [1.165, 1.54) is 0 Å². The van der Waals surface area contributed by atoms with Gasteiger partial charge in [0.2, 0.25) is 5.91 Å². The fourth-order valence-electron chi connectivity index (χ4n) is 1.49. The molecule has 1 rings (SSSR count). The summed E-state index contributed by atoms with van der Waals surface area (Å²) in [6, 6.07) is 3.76. The molecule has 1 amide bonds. The number of aryl methyl sites for hydroxylation is 1. The minimum atomic E-state index is -0.545. The third-order valence-corrected chi connectivity index (χ3v) is 2.41. The number of carbonyl (C=O) groups excluding carboxylic acids is 1. The predicted octanol–water partition coefficient (Wildman–Crippen LogP) is 1.59. The molecule has 0 aliphatic rings. The van der Waals surface area contributed by atoms with Crippen molar-refractivity contribution in [3.05, 3.63) is 23.7 Å². The summed E-state index contributed by atoms with van der Waals surface area (Å²) < 4.78 is 5.37. The monoisotopic (exact) mass is 224 g/mol. The highest BCUT2D eigenvalue weighted by Crippen LogP contribution is 2.07. The smallest absolute Gasteiger partial charge is 0.240 e. The third-order valence-electron chi connectivity index (χ3n) is 2.41. The van der Waals surface area contributed by atoms with Crippen LogP contribution < -0.4 is 10.6 Å². The SMILES string of the molecule is CCNC(C)(C)C(=O)NCc1ccc(C)o1. The molecule has 1 aromatic rings. The van der Waals surface area contributed by atoms with Crippen LogP contribution in [0.4, 0.5) is 0 Å². The fraction of sp³-hybridized carbons (Fsp3) is 0.583. The molecular formula is C12H20N2O2. The molecular weight excluding hydrogens is 204 g/mol. The van der Waals surface area contributed by atoms with Crippen molar-refractivity contribution in [1.82, 2.24) is 10.6 Å². The van der Waals surface area contributed by atoms with Crippen molar-refractivity contribution >= 4 is 5.91 Å². The van der Waals surface area contributed by atoms with E-state index in [1.807, 2.05) is 39.8 Å². The lowest BCUT2D eigenvalue weighted by Gasteiger charge is -2.24. The van der Waals surface area contributed by atoms with E-state index >= 15 is 0 Å². The summed E-state index contributed by atoms with van der Waals surface area (Å²) in [7, 11) is 0. The molecule has 2 N–H and O–H groups in total. The Morgan fingerprint density at radius 3 is 2.62 bits per heavy atom. The zero-order chi connectivity index (χ0) is 12.2. The molecule has 0 saturated heterocycles. The lowest BCUT2D eigenvalue weighted by Crippen LogP contribution is -2.52. The normalized spacial score (nSPS) is 11.5. The number of carbonyl (C=O) groups is 1. The first-order valence-corrected chi connectivity index (χ1v) is 5.54. The molecule has 4 heteroatoms. The Bertz CT molecular complexity index is 356. The van der Waals surface area contributed by atoms with E-state index in [9.17, 15) is 4.79 Å². The van der Waals surface area contributed by atoms with E-state index < -0.39 is 5.54 Å². The van der Waals surface area contributed by atoms with Gasteiger partial charge in [-0.3, -0.25) is 4.79 Å². The van der Waals surface area contributed by atoms with Crippen LogP contribution in [0.15, 0.2) is 16.5 Å². The Kier molecular flexibility index (Phi) is 4.12. The van der Waals surface area contributed by atoms with Gasteiger partial charge < -0.3 is 15.1 Å². The topological polar surface area (TPSA) is 54.3 Å². The summed E-state index contributed by atoms with van der Waals surface area (Å²) in [6.07, 6.45) is 0. The lowest BCUT2D eigenvalue weighted by molar-refractivity contribution is -0.126. The first-order valence-electron chi connectivity index (χ1n) is 5.54. The maximum Gasteiger partial charge on any atom is 0.240 e. The molecule has 90 valence electrons. The molecule has 0 spiro atoms. The van der Waals surface area contributed by atoms with Crippen LogP contribution in [0.5, 0.6) is 0 Å². The average Bonchev–Trinajstić information content (AvgIpc) is 2.60. The molecule has 0 aliphatic heterocycles. The van der Waals surface area contributed by atoms with E-state index in [0.29, 0.717) is 6.54 Å². The van der Waals surface area contributed by atoms with Crippen molar-refractivity contribution in [2.75, 3.05) is 6.54 Å². The van der Waals surface area contributed by atoms with Crippen molar-refractivity contribution in [3.63, 3.8) is 0 Å². The van der Waals surface area contributed by atoms with E-state index in [4.69, 9.17) is 4.42 Å². The Hall–Kier alpha value is -1.29. The molecule has 0 saturated carbocycles. The molecule has 0 unspecified atom stereocenters. The minimum absolute atomic E-state index is 0.0246. The number of nitrogens with one attached hydrogen (secondary N) is 2. The highest BCUT2D eigenvalue weighted by Gasteiger charge is 2.25. The Labute approximate surface area is 96.4 Å². The van der Waals surface area contributed by atoms with Gasteiger partial charge in [-0.05, 0) is 39.4 Å². The Balaban J connectivity index is 2.46. The Morgan fingerprint density at radius 2 is 2.12 bits per heavy atom. The van der Waals surface area contributed by atoms with Gasteiger partial charge in [-0.2, -0.15) is 0 Å². The number of likely N-dealkylation sites (N-methyl/N-ethyl adjacent to an activating group) is 1. The van der Waals surface area contributed by atoms with Gasteiger partial charge in [-0.15, -0.1) is 0 Å². The molecule has 16 heavy (non-hydrogen) atoms. The molecule has 0 fully saturated rings. The fourth-order valence-corrected chi connectivity index (χ4v) is 1.49. The summed E-state index contributed by atoms with van der Waals surface area (Å²) in [4.78, 5) is 11.8. The maximum atomic E-state index is 11.8. The molecule has 0 aromatic carbocycles. The van der Waals surface area contributed by atoms with Crippen LogP contribution in [-0.4, -0.2) is 18.0 Å². The van der Waals surface area contributed by atoms with E-state index in [1.54, 1.807) is 0 Å². The summed E-state index contributed by atoms with van der Waals surface area (Å²) in [5.74, 6) is 1.61. The summed E-state index contributed by atoms with van der Waals surface area (Å²) in [6.45, 7) is 8.78. The van der Waals surface area contributed by atoms with Gasteiger partial charge in [0.25, 0.3) is 0 Å². The van der Waals surface area contributed by atoms with Gasteiger partial charge in [-0.25, -0.2) is 0 Å².